The fourth-order valence-electron chi connectivity index (χ4n) is 9.79. The van der Waals surface area contributed by atoms with Gasteiger partial charge >= 0.3 is 21.1 Å². The summed E-state index contributed by atoms with van der Waals surface area (Å²) in [5.74, 6) is 2.49. The number of furan rings is 1. The Balaban J connectivity index is 0.00000456. The fourth-order valence-corrected chi connectivity index (χ4v) is 9.79. The largest absolute Gasteiger partial charge is 2.00 e. The van der Waals surface area contributed by atoms with Gasteiger partial charge in [-0.1, -0.05) is 138 Å². The van der Waals surface area contributed by atoms with Gasteiger partial charge in [-0.3, -0.25) is 9.55 Å². The van der Waals surface area contributed by atoms with E-state index in [-0.39, 0.29) is 21.1 Å². The van der Waals surface area contributed by atoms with Gasteiger partial charge in [0.15, 0.2) is 0 Å². The SMILES string of the molecule is Cc1cccc(C)c1-c1cccc2oc3c(-c4nc5ccccc5n4-c4ccccc4)[c-]c(Oc4[c-]c5c(cc4)c4ccccc4n5-c4nc5ccccc5n4-c4ccccc4)cc3c12.[Pt+2]. The average Bonchev–Trinajstić information content (AvgIpc) is 4.11. The number of imidazole rings is 2. The Kier molecular flexibility index (Phi) is 9.37. The monoisotopic (exact) mass is 1030 g/mol. The summed E-state index contributed by atoms with van der Waals surface area (Å²) in [5.41, 5.74) is 14.4. The predicted molar refractivity (Wildman–Crippen MR) is 262 cm³/mol. The Morgan fingerprint density at radius 2 is 1.12 bits per heavy atom. The zero-order valence-corrected chi connectivity index (χ0v) is 38.0. The van der Waals surface area contributed by atoms with Gasteiger partial charge in [-0.15, -0.1) is 17.5 Å². The van der Waals surface area contributed by atoms with E-state index in [1.54, 1.807) is 0 Å². The quantitative estimate of drug-likeness (QED) is 0.149. The van der Waals surface area contributed by atoms with E-state index in [4.69, 9.17) is 19.1 Å². The van der Waals surface area contributed by atoms with E-state index < -0.39 is 0 Å². The second kappa shape index (κ2) is 15.6. The van der Waals surface area contributed by atoms with E-state index in [9.17, 15) is 0 Å². The number of hydrogen-bond acceptors (Lipinski definition) is 4. The summed E-state index contributed by atoms with van der Waals surface area (Å²) in [6, 6.07) is 72.0. The smallest absolute Gasteiger partial charge is 0.503 e. The molecule has 8 heteroatoms. The number of para-hydroxylation sites is 7. The van der Waals surface area contributed by atoms with Crippen LogP contribution in [0, 0.1) is 26.0 Å². The molecule has 0 bridgehead atoms. The van der Waals surface area contributed by atoms with Gasteiger partial charge in [0.1, 0.15) is 5.58 Å². The fraction of sp³-hybridized carbons (Fsp3) is 0.0345. The molecule has 13 rings (SSSR count). The van der Waals surface area contributed by atoms with E-state index >= 15 is 0 Å². The molecule has 4 heterocycles. The van der Waals surface area contributed by atoms with Crippen molar-refractivity contribution in [1.29, 1.82) is 0 Å². The van der Waals surface area contributed by atoms with Gasteiger partial charge in [0, 0.05) is 33.8 Å². The van der Waals surface area contributed by atoms with Gasteiger partial charge in [-0.25, -0.2) is 4.98 Å². The maximum absolute atomic E-state index is 7.02. The van der Waals surface area contributed by atoms with Crippen LogP contribution in [0.1, 0.15) is 11.1 Å². The molecule has 7 nitrogen and oxygen atoms in total. The summed E-state index contributed by atoms with van der Waals surface area (Å²) < 4.78 is 20.6. The predicted octanol–water partition coefficient (Wildman–Crippen LogP) is 14.7. The Hall–Kier alpha value is -7.99. The van der Waals surface area contributed by atoms with Crippen molar-refractivity contribution < 1.29 is 30.2 Å². The number of hydrogen-bond donors (Lipinski definition) is 0. The van der Waals surface area contributed by atoms with Crippen LogP contribution in [0.15, 0.2) is 192 Å². The van der Waals surface area contributed by atoms with Crippen LogP contribution in [-0.4, -0.2) is 23.7 Å². The Bertz CT molecular complexity index is 3990. The molecule has 4 aromatic heterocycles. The molecule has 0 aliphatic heterocycles. The summed E-state index contributed by atoms with van der Waals surface area (Å²) in [6.07, 6.45) is 0. The number of fused-ring (bicyclic) bond motifs is 8. The van der Waals surface area contributed by atoms with Crippen LogP contribution in [-0.2, 0) is 21.1 Å². The van der Waals surface area contributed by atoms with Crippen molar-refractivity contribution in [2.45, 2.75) is 13.8 Å². The standard InChI is InChI=1S/C58H37N5O2.Pt/c1-36-17-15-18-37(2)54(36)44-24-16-30-53-55(44)45-33-41(34-46(56(45)65-53)57-59-47-25-10-13-28-50(47)61(57)38-19-5-3-6-20-38)64-40-31-32-43-42-23-9-12-27-49(42)63(52(43)35-40)58-60-48-26-11-14-29-51(48)62(58)39-21-7-4-8-22-39;/h3-33H,1-2H3;/q-2;+2. The molecule has 0 aliphatic rings. The van der Waals surface area contributed by atoms with Crippen molar-refractivity contribution in [2.75, 3.05) is 0 Å². The first-order chi connectivity index (χ1) is 32.1. The van der Waals surface area contributed by atoms with Crippen LogP contribution >= 0.6 is 0 Å². The van der Waals surface area contributed by atoms with E-state index in [0.717, 1.165) is 83.1 Å². The van der Waals surface area contributed by atoms with Crippen molar-refractivity contribution in [3.8, 4) is 51.3 Å². The van der Waals surface area contributed by atoms with E-state index in [1.807, 2.05) is 60.7 Å². The molecule has 0 saturated carbocycles. The first-order valence-electron chi connectivity index (χ1n) is 21.8. The normalized spacial score (nSPS) is 11.7. The molecule has 9 aromatic carbocycles. The molecule has 316 valence electrons. The maximum Gasteiger partial charge on any atom is 2.00 e. The summed E-state index contributed by atoms with van der Waals surface area (Å²) in [4.78, 5) is 10.6. The molecule has 0 aliphatic carbocycles. The second-order valence-corrected chi connectivity index (χ2v) is 16.5. The summed E-state index contributed by atoms with van der Waals surface area (Å²) >= 11 is 0. The molecule has 0 atom stereocenters. The minimum absolute atomic E-state index is 0. The Morgan fingerprint density at radius 1 is 0.500 bits per heavy atom. The van der Waals surface area contributed by atoms with Gasteiger partial charge in [0.05, 0.1) is 33.5 Å². The van der Waals surface area contributed by atoms with Gasteiger partial charge < -0.3 is 18.3 Å². The molecule has 0 radical (unpaired) electrons. The second-order valence-electron chi connectivity index (χ2n) is 16.5. The van der Waals surface area contributed by atoms with Crippen LogP contribution in [0.2, 0.25) is 0 Å². The van der Waals surface area contributed by atoms with Gasteiger partial charge in [-0.05, 0) is 102 Å². The van der Waals surface area contributed by atoms with Crippen molar-refractivity contribution in [1.82, 2.24) is 23.7 Å². The van der Waals surface area contributed by atoms with E-state index in [0.29, 0.717) is 28.5 Å². The van der Waals surface area contributed by atoms with Crippen molar-refractivity contribution >= 4 is 65.8 Å². The van der Waals surface area contributed by atoms with Crippen molar-refractivity contribution in [3.05, 3.63) is 211 Å². The summed E-state index contributed by atoms with van der Waals surface area (Å²) in [7, 11) is 0. The van der Waals surface area contributed by atoms with Crippen LogP contribution < -0.4 is 4.74 Å². The number of aromatic nitrogens is 5. The van der Waals surface area contributed by atoms with Gasteiger partial charge in [0.2, 0.25) is 5.95 Å². The minimum atomic E-state index is 0. The third-order valence-corrected chi connectivity index (χ3v) is 12.6. The number of aryl methyl sites for hydroxylation is 2. The zero-order chi connectivity index (χ0) is 43.2. The number of nitrogens with zero attached hydrogens (tertiary/aromatic N) is 5. The molecule has 0 saturated heterocycles. The molecule has 0 spiro atoms. The third-order valence-electron chi connectivity index (χ3n) is 12.6. The first-order valence-corrected chi connectivity index (χ1v) is 21.8. The molecular formula is C58H37N5O2Pt. The Morgan fingerprint density at radius 3 is 1.86 bits per heavy atom. The third kappa shape index (κ3) is 6.15. The van der Waals surface area contributed by atoms with E-state index in [2.05, 4.69) is 167 Å². The molecule has 0 unspecified atom stereocenters. The number of rotatable bonds is 7. The number of ether oxygens (including phenoxy) is 1. The summed E-state index contributed by atoms with van der Waals surface area (Å²) in [6.45, 7) is 4.33. The van der Waals surface area contributed by atoms with Gasteiger partial charge in [0.25, 0.3) is 0 Å². The van der Waals surface area contributed by atoms with E-state index in [1.165, 1.54) is 16.7 Å². The maximum atomic E-state index is 7.02. The van der Waals surface area contributed by atoms with Crippen LogP contribution in [0.4, 0.5) is 0 Å². The first kappa shape index (κ1) is 39.6. The molecule has 0 amide bonds. The van der Waals surface area contributed by atoms with Crippen LogP contribution in [0.5, 0.6) is 11.5 Å². The molecule has 0 N–H and O–H groups in total. The Labute approximate surface area is 394 Å². The molecule has 66 heavy (non-hydrogen) atoms. The zero-order valence-electron chi connectivity index (χ0n) is 35.8. The van der Waals surface area contributed by atoms with Crippen LogP contribution in [0.3, 0.4) is 0 Å². The molecular weight excluding hydrogens is 994 g/mol. The number of benzene rings is 9. The summed E-state index contributed by atoms with van der Waals surface area (Å²) in [5, 5.41) is 4.04. The molecule has 13 aromatic rings. The average molecular weight is 1030 g/mol. The molecule has 0 fully saturated rings. The van der Waals surface area contributed by atoms with Gasteiger partial charge in [-0.2, -0.15) is 6.07 Å². The van der Waals surface area contributed by atoms with Crippen molar-refractivity contribution in [2.24, 2.45) is 0 Å². The van der Waals surface area contributed by atoms with Crippen LogP contribution in [0.25, 0.3) is 106 Å². The minimum Gasteiger partial charge on any atom is -0.503 e. The topological polar surface area (TPSA) is 62.9 Å². The van der Waals surface area contributed by atoms with Crippen molar-refractivity contribution in [3.63, 3.8) is 0 Å².